The first-order valence-electron chi connectivity index (χ1n) is 44.8. The molecule has 0 unspecified atom stereocenters. The van der Waals surface area contributed by atoms with Gasteiger partial charge < -0.3 is 95.4 Å². The van der Waals surface area contributed by atoms with Gasteiger partial charge in [-0.05, 0) is 149 Å². The lowest BCUT2D eigenvalue weighted by atomic mass is 9.80. The van der Waals surface area contributed by atoms with E-state index in [0.29, 0.717) is 157 Å². The predicted molar refractivity (Wildman–Crippen MR) is 475 cm³/mol. The third-order valence-electron chi connectivity index (χ3n) is 25.1. The summed E-state index contributed by atoms with van der Waals surface area (Å²) in [5.74, 6) is -8.08. The van der Waals surface area contributed by atoms with Crippen molar-refractivity contribution < 1.29 is 86.4 Å². The molecule has 6 aromatic rings. The van der Waals surface area contributed by atoms with Crippen LogP contribution in [0, 0.1) is 29.6 Å². The van der Waals surface area contributed by atoms with Gasteiger partial charge in [-0.1, -0.05) is 82.4 Å². The van der Waals surface area contributed by atoms with Gasteiger partial charge in [0.05, 0.1) is 88.3 Å². The summed E-state index contributed by atoms with van der Waals surface area (Å²) in [4.78, 5) is 113. The average Bonchev–Trinajstić information content (AvgIpc) is 1.61. The Morgan fingerprint density at radius 1 is 0.772 bits per heavy atom. The number of nitrogen functional groups attached to an aromatic ring is 2. The number of cyclic esters (lactones) is 1. The monoisotopic (exact) mass is 1760 g/mol. The maximum Gasteiger partial charge on any atom is 0.329 e. The zero-order valence-electron chi connectivity index (χ0n) is 74.4. The smallest absolute Gasteiger partial charge is 0.329 e. The van der Waals surface area contributed by atoms with Gasteiger partial charge in [-0.2, -0.15) is 10.1 Å². The molecule has 690 valence electrons. The number of hydrogen-bond acceptors (Lipinski definition) is 32. The summed E-state index contributed by atoms with van der Waals surface area (Å²) in [6, 6.07) is 11.5. The number of piperidine rings is 1. The number of nitrogens with one attached hydrogen (secondary N) is 3. The number of aliphatic hydroxyl groups is 3. The number of nitrogens with zero attached hydrogens (tertiary/aromatic N) is 11. The number of hydrogen-bond donors (Lipinski definition) is 9. The lowest BCUT2D eigenvalue weighted by Crippen LogP contribution is -2.61. The first kappa shape index (κ1) is 96.2. The maximum atomic E-state index is 14.8. The zero-order chi connectivity index (χ0) is 90.3. The van der Waals surface area contributed by atoms with E-state index in [1.165, 1.54) is 19.3 Å². The lowest BCUT2D eigenvalue weighted by molar-refractivity contribution is -0.265. The summed E-state index contributed by atoms with van der Waals surface area (Å²) in [5.41, 5.74) is 33.7. The first-order chi connectivity index (χ1) is 61.2. The van der Waals surface area contributed by atoms with Crippen LogP contribution >= 0.6 is 0 Å². The highest BCUT2D eigenvalue weighted by Crippen LogP contribution is 2.39. The number of esters is 1. The van der Waals surface area contributed by atoms with E-state index < -0.39 is 95.4 Å². The summed E-state index contributed by atoms with van der Waals surface area (Å²) in [6.07, 6.45) is 17.9. The van der Waals surface area contributed by atoms with Gasteiger partial charge in [0.15, 0.2) is 17.0 Å². The van der Waals surface area contributed by atoms with Crippen LogP contribution in [-0.2, 0) is 79.8 Å². The van der Waals surface area contributed by atoms with Gasteiger partial charge in [0, 0.05) is 139 Å². The molecule has 15 atom stereocenters. The van der Waals surface area contributed by atoms with Crippen molar-refractivity contribution in [1.82, 2.24) is 65.8 Å². The molecule has 9 heterocycles. The number of allylic oxidation sites excluding steroid dienone is 6. The molecular formula is C92H129N17O18. The molecule has 0 spiro atoms. The minimum Gasteiger partial charge on any atom is -0.459 e. The van der Waals surface area contributed by atoms with E-state index in [9.17, 15) is 44.1 Å². The average molecular weight is 1760 g/mol. The van der Waals surface area contributed by atoms with Crippen LogP contribution in [0.4, 0.5) is 17.8 Å². The second-order valence-electron chi connectivity index (χ2n) is 34.6. The molecule has 6 aliphatic rings. The Balaban J connectivity index is 0.551. The normalized spacial score (nSPS) is 27.9. The van der Waals surface area contributed by atoms with Gasteiger partial charge in [0.25, 0.3) is 17.7 Å². The maximum absolute atomic E-state index is 14.8. The number of amides is 2. The fourth-order valence-electron chi connectivity index (χ4n) is 17.5. The Morgan fingerprint density at radius 3 is 2.31 bits per heavy atom. The van der Waals surface area contributed by atoms with E-state index in [1.54, 1.807) is 41.1 Å². The molecular weight excluding hydrogens is 1630 g/mol. The van der Waals surface area contributed by atoms with Gasteiger partial charge in [-0.3, -0.25) is 33.9 Å². The van der Waals surface area contributed by atoms with Crippen molar-refractivity contribution in [3.05, 3.63) is 126 Å². The quantitative estimate of drug-likeness (QED) is 0.00921. The Hall–Kier alpha value is -9.86. The number of anilines is 3. The van der Waals surface area contributed by atoms with Crippen LogP contribution in [0.25, 0.3) is 44.5 Å². The van der Waals surface area contributed by atoms with Crippen molar-refractivity contribution in [3.63, 3.8) is 0 Å². The van der Waals surface area contributed by atoms with E-state index in [1.807, 2.05) is 96.6 Å². The fraction of sp³-hybridized carbons (Fsp3) is 0.587. The fourth-order valence-corrected chi connectivity index (χ4v) is 17.5. The number of carbonyl (C=O) groups is 6. The SMILES string of the molecule is CO[C@H]1C[C@@H]2CC[C@@H](C)[C@@](O)(O2)C(=O)C(=O)N2CCCC[C@H]2C(=O)O[C@H]([C@H](N)C[C@@H]2CC[C@@H](OCc3cccc(-c4cnc(N5CCN(CC6=CN(CCOCCOCCOCCC(=O)NCCCCn7nc(-c8ccc9oc(N)nc9c8)c8c(N)ncnc87)NN6)CC5)nc4)c3)[C@H](OC)C2)CC(=O)[C@H](C)/C=C(\C)[C@@H](O)[C@@H](O)C(=O)[C@H](C)C[C@H](C)/C=C/C=C/C=C/1C. The molecule has 3 saturated heterocycles. The van der Waals surface area contributed by atoms with Crippen molar-refractivity contribution in [2.24, 2.45) is 35.3 Å². The number of Topliss-reactive ketones (excluding diaryl/α,β-unsaturated/α-hetero) is 3. The molecule has 1 aliphatic carbocycles. The number of fused-ring (bicyclic) bond motifs is 5. The highest BCUT2D eigenvalue weighted by molar-refractivity contribution is 6.39. The predicted octanol–water partition coefficient (Wildman–Crippen LogP) is 7.34. The van der Waals surface area contributed by atoms with Crippen molar-refractivity contribution in [2.75, 3.05) is 123 Å². The van der Waals surface area contributed by atoms with Gasteiger partial charge >= 0.3 is 5.97 Å². The Morgan fingerprint density at radius 2 is 1.54 bits per heavy atom. The largest absolute Gasteiger partial charge is 0.459 e. The molecule has 35 heteroatoms. The third-order valence-corrected chi connectivity index (χ3v) is 25.1. The van der Waals surface area contributed by atoms with E-state index in [-0.39, 0.29) is 80.4 Å². The van der Waals surface area contributed by atoms with Gasteiger partial charge in [-0.15, -0.1) is 5.53 Å². The molecule has 2 aromatic carbocycles. The van der Waals surface area contributed by atoms with Crippen molar-refractivity contribution in [3.8, 4) is 22.4 Å². The number of rotatable bonds is 30. The van der Waals surface area contributed by atoms with E-state index in [4.69, 9.17) is 74.6 Å². The topological polar surface area (TPSA) is 459 Å². The van der Waals surface area contributed by atoms with Gasteiger partial charge in [0.1, 0.15) is 53.5 Å². The molecule has 4 aromatic heterocycles. The number of methoxy groups -OCH3 is 2. The number of aryl methyl sites for hydroxylation is 1. The highest BCUT2D eigenvalue weighted by atomic mass is 16.6. The number of hydrazine groups is 2. The molecule has 127 heavy (non-hydrogen) atoms. The molecule has 0 radical (unpaired) electrons. The number of aliphatic hydroxyl groups excluding tert-OH is 2. The number of piperazine rings is 1. The van der Waals surface area contributed by atoms with Crippen LogP contribution in [0.5, 0.6) is 0 Å². The molecule has 12 N–H and O–H groups in total. The van der Waals surface area contributed by atoms with E-state index in [0.717, 1.165) is 84.0 Å². The molecule has 12 rings (SSSR count). The second-order valence-corrected chi connectivity index (χ2v) is 34.6. The van der Waals surface area contributed by atoms with E-state index in [2.05, 4.69) is 53.3 Å². The Labute approximate surface area is 741 Å². The number of oxazole rings is 1. The van der Waals surface area contributed by atoms with Crippen LogP contribution in [0.1, 0.15) is 143 Å². The van der Waals surface area contributed by atoms with Crippen LogP contribution in [0.3, 0.4) is 0 Å². The molecule has 2 amide bonds. The standard InChI is InChI=1S/C92H129N17O18/c1-57-17-10-9-11-18-58(2)76(119-7)49-69-25-22-62(6)92(118,127-69)85(115)88(116)108-30-14-12-21-72(108)89(117)125-77(50-73(110)59(3)44-61(5)83(113)84(114)82(112)60(4)43-57)70(93)46-63-23-26-75(78(47-63)120-8)124-55-64-19-16-20-65(45-64)67-51-97-91(98-52-67)106-34-32-105(33-35-106)53-68-54-107(104-102-68)36-38-122-40-42-123-41-39-121-37-28-79(111)96-29-13-15-31-109-87-80(86(94)99-56-100-87)81(103-109)66-24-27-74-71(48-66)101-90(95)126-74/h9-11,16-20,24,27,44-45,48,51-52,54,56-57,59-60,62-63,69-70,72,75-78,83-84,102,104,113-114,118H,12-15,21-23,25-26,28-43,46-47,49-50,53,55,93H2,1-8H3,(H2,95,101)(H,96,111)(H2,94,99,100)/b11-9+,17-10+,58-18+,61-44+/t57-,59-,60-,62-,63+,69+,70-,72+,75-,76+,77+,78-,83-,84+,92-/m1/s1. The van der Waals surface area contributed by atoms with Gasteiger partial charge in [-0.25, -0.2) is 29.4 Å². The zero-order valence-corrected chi connectivity index (χ0v) is 74.4. The van der Waals surface area contributed by atoms with Crippen LogP contribution in [0.15, 0.2) is 125 Å². The molecule has 2 bridgehead atoms. The van der Waals surface area contributed by atoms with Crippen molar-refractivity contribution in [2.45, 2.75) is 212 Å². The van der Waals surface area contributed by atoms with Crippen LogP contribution < -0.4 is 38.4 Å². The number of aromatic nitrogens is 7. The Kier molecular flexibility index (Phi) is 35.2. The molecule has 1 saturated carbocycles. The van der Waals surface area contributed by atoms with Crippen LogP contribution in [-0.4, -0.2) is 267 Å². The number of nitrogens with two attached hydrogens (primary N) is 3. The highest BCUT2D eigenvalue weighted by Gasteiger charge is 2.53. The van der Waals surface area contributed by atoms with Crippen LogP contribution in [0.2, 0.25) is 0 Å². The lowest BCUT2D eigenvalue weighted by Gasteiger charge is -2.42. The summed E-state index contributed by atoms with van der Waals surface area (Å²) < 4.78 is 55.6. The number of ether oxygens (including phenoxy) is 8. The number of carbonyl (C=O) groups excluding carboxylic acids is 6. The van der Waals surface area contributed by atoms with Gasteiger partial charge in [0.2, 0.25) is 17.6 Å². The number of unbranched alkanes of at least 4 members (excludes halogenated alkanes) is 1. The Bertz CT molecular complexity index is 4840. The first-order valence-corrected chi connectivity index (χ1v) is 44.8. The molecule has 4 fully saturated rings. The van der Waals surface area contributed by atoms with Crippen molar-refractivity contribution >= 4 is 75.0 Å². The summed E-state index contributed by atoms with van der Waals surface area (Å²) in [5, 5.41) is 45.2. The second kappa shape index (κ2) is 46.4. The summed E-state index contributed by atoms with van der Waals surface area (Å²) in [6.45, 7) is 18.7. The summed E-state index contributed by atoms with van der Waals surface area (Å²) in [7, 11) is 3.20. The van der Waals surface area contributed by atoms with E-state index >= 15 is 0 Å². The molecule has 35 nitrogen and oxygen atoms in total. The minimum absolute atomic E-state index is 0.0205. The minimum atomic E-state index is -2.50. The van der Waals surface area contributed by atoms with Crippen molar-refractivity contribution in [1.29, 1.82) is 0 Å². The third kappa shape index (κ3) is 26.0. The summed E-state index contributed by atoms with van der Waals surface area (Å²) >= 11 is 0. The number of ketones is 3. The number of benzene rings is 2. The molecule has 5 aliphatic heterocycles.